The third kappa shape index (κ3) is 4.33. The maximum absolute atomic E-state index is 11.6. The lowest BCUT2D eigenvalue weighted by atomic mass is 10.2. The number of aromatic nitrogens is 4. The SMILES string of the molecule is CCCc1cc(=O)[nH]c(SCc2nc(-c3ccc(Br)cc3)no2)n1. The molecule has 3 rings (SSSR count). The second-order valence-corrected chi connectivity index (χ2v) is 6.98. The van der Waals surface area contributed by atoms with E-state index in [-0.39, 0.29) is 5.56 Å². The molecule has 8 heteroatoms. The van der Waals surface area contributed by atoms with Crippen molar-refractivity contribution in [1.29, 1.82) is 0 Å². The van der Waals surface area contributed by atoms with E-state index in [1.807, 2.05) is 24.3 Å². The monoisotopic (exact) mass is 406 g/mol. The van der Waals surface area contributed by atoms with Gasteiger partial charge in [-0.1, -0.05) is 46.2 Å². The van der Waals surface area contributed by atoms with Crippen molar-refractivity contribution < 1.29 is 4.52 Å². The lowest BCUT2D eigenvalue weighted by molar-refractivity contribution is 0.391. The van der Waals surface area contributed by atoms with Crippen molar-refractivity contribution >= 4 is 27.7 Å². The van der Waals surface area contributed by atoms with Crippen molar-refractivity contribution in [3.05, 3.63) is 56.7 Å². The van der Waals surface area contributed by atoms with E-state index in [1.165, 1.54) is 17.8 Å². The number of nitrogens with zero attached hydrogens (tertiary/aromatic N) is 3. The zero-order chi connectivity index (χ0) is 16.9. The molecule has 1 aromatic carbocycles. The fourth-order valence-electron chi connectivity index (χ4n) is 2.10. The summed E-state index contributed by atoms with van der Waals surface area (Å²) in [6, 6.07) is 9.21. The molecule has 2 heterocycles. The Balaban J connectivity index is 1.69. The van der Waals surface area contributed by atoms with Crippen LogP contribution in [-0.4, -0.2) is 20.1 Å². The van der Waals surface area contributed by atoms with Crippen LogP contribution in [0.15, 0.2) is 49.3 Å². The molecule has 24 heavy (non-hydrogen) atoms. The minimum absolute atomic E-state index is 0.142. The van der Waals surface area contributed by atoms with Gasteiger partial charge in [-0.3, -0.25) is 4.79 Å². The molecule has 0 fully saturated rings. The molecule has 0 atom stereocenters. The number of rotatable bonds is 6. The quantitative estimate of drug-likeness (QED) is 0.494. The molecule has 0 aliphatic rings. The van der Waals surface area contributed by atoms with Crippen LogP contribution in [0.25, 0.3) is 11.4 Å². The highest BCUT2D eigenvalue weighted by Gasteiger charge is 2.10. The predicted octanol–water partition coefficient (Wildman–Crippen LogP) is 3.83. The molecule has 0 radical (unpaired) electrons. The Bertz CT molecular complexity index is 876. The summed E-state index contributed by atoms with van der Waals surface area (Å²) >= 11 is 4.76. The Morgan fingerprint density at radius 2 is 2.04 bits per heavy atom. The zero-order valence-electron chi connectivity index (χ0n) is 13.0. The van der Waals surface area contributed by atoms with E-state index in [0.29, 0.717) is 22.6 Å². The lowest BCUT2D eigenvalue weighted by Gasteiger charge is -2.01. The summed E-state index contributed by atoms with van der Waals surface area (Å²) in [6.07, 6.45) is 1.73. The third-order valence-electron chi connectivity index (χ3n) is 3.18. The van der Waals surface area contributed by atoms with Crippen LogP contribution < -0.4 is 5.56 Å². The normalized spacial score (nSPS) is 10.9. The van der Waals surface area contributed by atoms with Crippen LogP contribution in [0.1, 0.15) is 24.9 Å². The van der Waals surface area contributed by atoms with Gasteiger partial charge in [0.25, 0.3) is 5.56 Å². The van der Waals surface area contributed by atoms with Gasteiger partial charge in [-0.05, 0) is 30.7 Å². The first-order valence-corrected chi connectivity index (χ1v) is 9.23. The van der Waals surface area contributed by atoms with E-state index in [2.05, 4.69) is 43.0 Å². The summed E-state index contributed by atoms with van der Waals surface area (Å²) in [6.45, 7) is 2.05. The molecular formula is C16H15BrN4O2S. The van der Waals surface area contributed by atoms with E-state index in [1.54, 1.807) is 0 Å². The first-order chi connectivity index (χ1) is 11.6. The van der Waals surface area contributed by atoms with Gasteiger partial charge >= 0.3 is 0 Å². The van der Waals surface area contributed by atoms with Gasteiger partial charge in [0.05, 0.1) is 5.75 Å². The molecule has 0 aliphatic heterocycles. The summed E-state index contributed by atoms with van der Waals surface area (Å²) < 4.78 is 6.26. The van der Waals surface area contributed by atoms with Crippen LogP contribution in [0.4, 0.5) is 0 Å². The summed E-state index contributed by atoms with van der Waals surface area (Å²) in [5.41, 5.74) is 1.54. The van der Waals surface area contributed by atoms with E-state index in [9.17, 15) is 4.79 Å². The van der Waals surface area contributed by atoms with Crippen LogP contribution in [-0.2, 0) is 12.2 Å². The van der Waals surface area contributed by atoms with Crippen LogP contribution >= 0.6 is 27.7 Å². The number of halogens is 1. The fourth-order valence-corrected chi connectivity index (χ4v) is 3.09. The smallest absolute Gasteiger partial charge is 0.251 e. The van der Waals surface area contributed by atoms with Gasteiger partial charge in [0.2, 0.25) is 11.7 Å². The van der Waals surface area contributed by atoms with Gasteiger partial charge in [-0.2, -0.15) is 4.98 Å². The van der Waals surface area contributed by atoms with Crippen molar-refractivity contribution in [1.82, 2.24) is 20.1 Å². The number of nitrogens with one attached hydrogen (secondary N) is 1. The Kier molecular flexibility index (Phi) is 5.47. The maximum Gasteiger partial charge on any atom is 0.251 e. The second kappa shape index (κ2) is 7.76. The van der Waals surface area contributed by atoms with Crippen molar-refractivity contribution in [3.63, 3.8) is 0 Å². The molecule has 0 unspecified atom stereocenters. The molecule has 124 valence electrons. The molecule has 0 aliphatic carbocycles. The molecule has 0 amide bonds. The van der Waals surface area contributed by atoms with Gasteiger partial charge < -0.3 is 9.51 Å². The Morgan fingerprint density at radius 3 is 2.79 bits per heavy atom. The minimum atomic E-state index is -0.142. The average Bonchev–Trinajstić information content (AvgIpc) is 3.02. The van der Waals surface area contributed by atoms with Crippen LogP contribution in [0.5, 0.6) is 0 Å². The average molecular weight is 407 g/mol. The topological polar surface area (TPSA) is 84.7 Å². The highest BCUT2D eigenvalue weighted by atomic mass is 79.9. The van der Waals surface area contributed by atoms with Crippen molar-refractivity contribution in [2.45, 2.75) is 30.7 Å². The van der Waals surface area contributed by atoms with Gasteiger partial charge in [-0.15, -0.1) is 0 Å². The molecule has 0 saturated carbocycles. The van der Waals surface area contributed by atoms with E-state index >= 15 is 0 Å². The Hall–Kier alpha value is -1.93. The van der Waals surface area contributed by atoms with Crippen molar-refractivity contribution in [2.75, 3.05) is 0 Å². The number of hydrogen-bond donors (Lipinski definition) is 1. The molecule has 0 saturated heterocycles. The largest absolute Gasteiger partial charge is 0.338 e. The van der Waals surface area contributed by atoms with E-state index < -0.39 is 0 Å². The number of aryl methyl sites for hydroxylation is 1. The summed E-state index contributed by atoms with van der Waals surface area (Å²) in [7, 11) is 0. The van der Waals surface area contributed by atoms with E-state index in [0.717, 1.165) is 28.6 Å². The van der Waals surface area contributed by atoms with Crippen molar-refractivity contribution in [3.8, 4) is 11.4 Å². The number of aromatic amines is 1. The zero-order valence-corrected chi connectivity index (χ0v) is 15.4. The Labute approximate surface area is 151 Å². The van der Waals surface area contributed by atoms with E-state index in [4.69, 9.17) is 4.52 Å². The first kappa shape index (κ1) is 16.9. The Morgan fingerprint density at radius 1 is 1.25 bits per heavy atom. The third-order valence-corrected chi connectivity index (χ3v) is 4.57. The second-order valence-electron chi connectivity index (χ2n) is 5.10. The lowest BCUT2D eigenvalue weighted by Crippen LogP contribution is -2.09. The fraction of sp³-hybridized carbons (Fsp3) is 0.250. The molecule has 0 spiro atoms. The number of hydrogen-bond acceptors (Lipinski definition) is 6. The molecule has 1 N–H and O–H groups in total. The van der Waals surface area contributed by atoms with Gasteiger partial charge in [0.1, 0.15) is 0 Å². The molecule has 6 nitrogen and oxygen atoms in total. The summed E-state index contributed by atoms with van der Waals surface area (Å²) in [5, 5.41) is 4.55. The molecule has 0 bridgehead atoms. The molecule has 3 aromatic rings. The maximum atomic E-state index is 11.6. The number of benzene rings is 1. The van der Waals surface area contributed by atoms with Crippen LogP contribution in [0.3, 0.4) is 0 Å². The molecule has 2 aromatic heterocycles. The van der Waals surface area contributed by atoms with Crippen LogP contribution in [0.2, 0.25) is 0 Å². The summed E-state index contributed by atoms with van der Waals surface area (Å²) in [5.74, 6) is 1.47. The van der Waals surface area contributed by atoms with Crippen molar-refractivity contribution in [2.24, 2.45) is 0 Å². The van der Waals surface area contributed by atoms with Gasteiger partial charge in [0, 0.05) is 21.8 Å². The molecular weight excluding hydrogens is 392 g/mol. The minimum Gasteiger partial charge on any atom is -0.338 e. The first-order valence-electron chi connectivity index (χ1n) is 7.45. The predicted molar refractivity (Wildman–Crippen MR) is 95.8 cm³/mol. The van der Waals surface area contributed by atoms with Crippen LogP contribution in [0, 0.1) is 0 Å². The highest BCUT2D eigenvalue weighted by Crippen LogP contribution is 2.22. The summed E-state index contributed by atoms with van der Waals surface area (Å²) in [4.78, 5) is 23.2. The standard InChI is InChI=1S/C16H15BrN4O2S/c1-2-3-12-8-13(22)19-16(18-12)24-9-14-20-15(21-23-14)10-4-6-11(17)7-5-10/h4-8H,2-3,9H2,1H3,(H,18,19,22). The van der Waals surface area contributed by atoms with Gasteiger partial charge in [0.15, 0.2) is 5.16 Å². The highest BCUT2D eigenvalue weighted by molar-refractivity contribution is 9.10. The van der Waals surface area contributed by atoms with Gasteiger partial charge in [-0.25, -0.2) is 4.98 Å². The number of H-pyrrole nitrogens is 1. The number of thioether (sulfide) groups is 1.